The monoisotopic (exact) mass is 292 g/mol. The summed E-state index contributed by atoms with van der Waals surface area (Å²) < 4.78 is 12.8. The minimum atomic E-state index is -0.218. The maximum Gasteiger partial charge on any atom is 0.168 e. The van der Waals surface area contributed by atoms with Crippen LogP contribution in [0.15, 0.2) is 53.4 Å². The molecule has 0 aromatic heterocycles. The van der Waals surface area contributed by atoms with Crippen molar-refractivity contribution in [2.24, 2.45) is 5.73 Å². The summed E-state index contributed by atoms with van der Waals surface area (Å²) in [6.45, 7) is 0. The average Bonchev–Trinajstić information content (AvgIpc) is 2.39. The van der Waals surface area contributed by atoms with E-state index in [0.717, 1.165) is 21.9 Å². The second-order valence-corrected chi connectivity index (χ2v) is 5.36. The van der Waals surface area contributed by atoms with Crippen molar-refractivity contribution < 1.29 is 4.39 Å². The van der Waals surface area contributed by atoms with Crippen LogP contribution in [0.3, 0.4) is 0 Å². The van der Waals surface area contributed by atoms with Gasteiger partial charge in [-0.1, -0.05) is 24.3 Å². The molecule has 5 heteroatoms. The third-order valence-electron chi connectivity index (χ3n) is 2.45. The van der Waals surface area contributed by atoms with Gasteiger partial charge in [0.1, 0.15) is 5.82 Å². The summed E-state index contributed by atoms with van der Waals surface area (Å²) in [4.78, 5) is 1.06. The number of hydrogen-bond acceptors (Lipinski definition) is 2. The van der Waals surface area contributed by atoms with E-state index < -0.39 is 0 Å². The molecule has 0 aliphatic heterocycles. The maximum absolute atomic E-state index is 12.8. The molecular weight excluding hydrogens is 279 g/mol. The summed E-state index contributed by atoms with van der Waals surface area (Å²) in [6.07, 6.45) is 0. The number of hydrogen-bond donors (Lipinski definition) is 2. The molecule has 0 amide bonds. The van der Waals surface area contributed by atoms with Gasteiger partial charge >= 0.3 is 0 Å². The SMILES string of the molecule is NC(=S)Nc1ccccc1SCc1ccc(F)cc1. The Hall–Kier alpha value is -1.59. The zero-order valence-electron chi connectivity index (χ0n) is 10.1. The number of anilines is 1. The number of para-hydroxylation sites is 1. The minimum Gasteiger partial charge on any atom is -0.376 e. The van der Waals surface area contributed by atoms with Crippen molar-refractivity contribution >= 4 is 34.8 Å². The first-order valence-electron chi connectivity index (χ1n) is 5.68. The summed E-state index contributed by atoms with van der Waals surface area (Å²) in [6, 6.07) is 14.3. The highest BCUT2D eigenvalue weighted by Gasteiger charge is 2.03. The number of thioether (sulfide) groups is 1. The summed E-state index contributed by atoms with van der Waals surface area (Å²) in [7, 11) is 0. The van der Waals surface area contributed by atoms with Crippen LogP contribution < -0.4 is 11.1 Å². The molecular formula is C14H13FN2S2. The number of thiocarbonyl (C=S) groups is 1. The summed E-state index contributed by atoms with van der Waals surface area (Å²) in [5.74, 6) is 0.542. The van der Waals surface area contributed by atoms with Crippen LogP contribution in [-0.4, -0.2) is 5.11 Å². The Morgan fingerprint density at radius 3 is 2.53 bits per heavy atom. The van der Waals surface area contributed by atoms with Crippen molar-refractivity contribution in [3.8, 4) is 0 Å². The quantitative estimate of drug-likeness (QED) is 0.664. The van der Waals surface area contributed by atoms with Gasteiger partial charge in [-0.3, -0.25) is 0 Å². The molecule has 19 heavy (non-hydrogen) atoms. The second-order valence-electron chi connectivity index (χ2n) is 3.90. The van der Waals surface area contributed by atoms with Gasteiger partial charge < -0.3 is 11.1 Å². The molecule has 0 unspecified atom stereocenters. The van der Waals surface area contributed by atoms with E-state index in [1.807, 2.05) is 24.3 Å². The smallest absolute Gasteiger partial charge is 0.168 e. The van der Waals surface area contributed by atoms with Crippen LogP contribution in [0.25, 0.3) is 0 Å². The molecule has 2 nitrogen and oxygen atoms in total. The fraction of sp³-hybridized carbons (Fsp3) is 0.0714. The van der Waals surface area contributed by atoms with Gasteiger partial charge in [-0.2, -0.15) is 0 Å². The molecule has 2 aromatic carbocycles. The van der Waals surface area contributed by atoms with Crippen molar-refractivity contribution in [2.75, 3.05) is 5.32 Å². The molecule has 0 saturated heterocycles. The lowest BCUT2D eigenvalue weighted by molar-refractivity contribution is 0.627. The normalized spacial score (nSPS) is 10.2. The number of halogens is 1. The van der Waals surface area contributed by atoms with Crippen LogP contribution in [0.2, 0.25) is 0 Å². The Labute approximate surface area is 121 Å². The molecule has 0 spiro atoms. The van der Waals surface area contributed by atoms with Gasteiger partial charge in [-0.25, -0.2) is 4.39 Å². The molecule has 2 rings (SSSR count). The van der Waals surface area contributed by atoms with Crippen molar-refractivity contribution in [1.29, 1.82) is 0 Å². The van der Waals surface area contributed by atoms with E-state index in [4.69, 9.17) is 18.0 Å². The van der Waals surface area contributed by atoms with Crippen LogP contribution in [0.4, 0.5) is 10.1 Å². The van der Waals surface area contributed by atoms with Gasteiger partial charge in [0, 0.05) is 10.6 Å². The zero-order chi connectivity index (χ0) is 13.7. The predicted octanol–water partition coefficient (Wildman–Crippen LogP) is 3.77. The molecule has 2 aromatic rings. The van der Waals surface area contributed by atoms with Crippen LogP contribution in [0, 0.1) is 5.82 Å². The predicted molar refractivity (Wildman–Crippen MR) is 82.8 cm³/mol. The summed E-state index contributed by atoms with van der Waals surface area (Å²) in [5.41, 5.74) is 7.44. The molecule has 0 fully saturated rings. The van der Waals surface area contributed by atoms with E-state index in [1.54, 1.807) is 23.9 Å². The molecule has 0 aliphatic carbocycles. The lowest BCUT2D eigenvalue weighted by Gasteiger charge is -2.10. The fourth-order valence-corrected chi connectivity index (χ4v) is 2.64. The van der Waals surface area contributed by atoms with E-state index in [1.165, 1.54) is 12.1 Å². The highest BCUT2D eigenvalue weighted by atomic mass is 32.2. The summed E-state index contributed by atoms with van der Waals surface area (Å²) >= 11 is 6.49. The minimum absolute atomic E-state index is 0.218. The van der Waals surface area contributed by atoms with E-state index in [0.29, 0.717) is 0 Å². The first-order chi connectivity index (χ1) is 9.15. The van der Waals surface area contributed by atoms with Crippen molar-refractivity contribution in [3.63, 3.8) is 0 Å². The van der Waals surface area contributed by atoms with Crippen molar-refractivity contribution in [3.05, 3.63) is 59.9 Å². The number of rotatable bonds is 4. The number of nitrogens with two attached hydrogens (primary N) is 1. The largest absolute Gasteiger partial charge is 0.376 e. The van der Waals surface area contributed by atoms with Gasteiger partial charge in [-0.05, 0) is 42.0 Å². The van der Waals surface area contributed by atoms with Gasteiger partial charge in [0.2, 0.25) is 0 Å². The molecule has 0 saturated carbocycles. The first kappa shape index (κ1) is 13.8. The Bertz CT molecular complexity index is 570. The molecule has 0 heterocycles. The second kappa shape index (κ2) is 6.54. The molecule has 0 aliphatic rings. The molecule has 0 atom stereocenters. The lowest BCUT2D eigenvalue weighted by atomic mass is 10.2. The Morgan fingerprint density at radius 1 is 1.16 bits per heavy atom. The van der Waals surface area contributed by atoms with Crippen LogP contribution in [0.5, 0.6) is 0 Å². The summed E-state index contributed by atoms with van der Waals surface area (Å²) in [5, 5.41) is 3.19. The number of nitrogens with one attached hydrogen (secondary N) is 1. The fourth-order valence-electron chi connectivity index (χ4n) is 1.57. The van der Waals surface area contributed by atoms with Crippen molar-refractivity contribution in [1.82, 2.24) is 0 Å². The molecule has 3 N–H and O–H groups in total. The van der Waals surface area contributed by atoms with Gasteiger partial charge in [-0.15, -0.1) is 11.8 Å². The standard InChI is InChI=1S/C14H13FN2S2/c15-11-7-5-10(6-8-11)9-19-13-4-2-1-3-12(13)17-14(16)18/h1-8H,9H2,(H3,16,17,18). The average molecular weight is 292 g/mol. The van der Waals surface area contributed by atoms with Crippen molar-refractivity contribution in [2.45, 2.75) is 10.6 Å². The highest BCUT2D eigenvalue weighted by molar-refractivity contribution is 7.98. The zero-order valence-corrected chi connectivity index (χ0v) is 11.7. The topological polar surface area (TPSA) is 38.0 Å². The molecule has 0 radical (unpaired) electrons. The Morgan fingerprint density at radius 2 is 1.84 bits per heavy atom. The maximum atomic E-state index is 12.8. The van der Waals surface area contributed by atoms with Gasteiger partial charge in [0.15, 0.2) is 5.11 Å². The Balaban J connectivity index is 2.06. The number of benzene rings is 2. The van der Waals surface area contributed by atoms with Gasteiger partial charge in [0.25, 0.3) is 0 Å². The van der Waals surface area contributed by atoms with E-state index in [9.17, 15) is 4.39 Å². The van der Waals surface area contributed by atoms with Gasteiger partial charge in [0.05, 0.1) is 5.69 Å². The molecule has 0 bridgehead atoms. The third-order valence-corrected chi connectivity index (χ3v) is 3.70. The van der Waals surface area contributed by atoms with E-state index in [2.05, 4.69) is 5.32 Å². The van der Waals surface area contributed by atoms with Crippen LogP contribution >= 0.6 is 24.0 Å². The Kier molecular flexibility index (Phi) is 4.76. The van der Waals surface area contributed by atoms with Crippen LogP contribution in [-0.2, 0) is 5.75 Å². The third kappa shape index (κ3) is 4.22. The van der Waals surface area contributed by atoms with Crippen LogP contribution in [0.1, 0.15) is 5.56 Å². The highest BCUT2D eigenvalue weighted by Crippen LogP contribution is 2.29. The van der Waals surface area contributed by atoms with E-state index in [-0.39, 0.29) is 10.9 Å². The first-order valence-corrected chi connectivity index (χ1v) is 7.07. The van der Waals surface area contributed by atoms with E-state index >= 15 is 0 Å². The molecule has 98 valence electrons. The lowest BCUT2D eigenvalue weighted by Crippen LogP contribution is -2.19.